The fraction of sp³-hybridized carbons (Fsp3) is 0.462. The molecule has 19 heavy (non-hydrogen) atoms. The van der Waals surface area contributed by atoms with E-state index in [-0.39, 0.29) is 6.04 Å². The third kappa shape index (κ3) is 2.93. The van der Waals surface area contributed by atoms with Gasteiger partial charge in [-0.15, -0.1) is 0 Å². The first-order valence-electron chi connectivity index (χ1n) is 6.17. The van der Waals surface area contributed by atoms with Crippen LogP contribution >= 0.6 is 11.6 Å². The van der Waals surface area contributed by atoms with Crippen molar-refractivity contribution in [3.05, 3.63) is 40.2 Å². The van der Waals surface area contributed by atoms with Crippen molar-refractivity contribution in [1.82, 2.24) is 25.1 Å². The van der Waals surface area contributed by atoms with Crippen molar-refractivity contribution in [3.63, 3.8) is 0 Å². The monoisotopic (exact) mass is 279 g/mol. The van der Waals surface area contributed by atoms with E-state index in [2.05, 4.69) is 20.4 Å². The highest BCUT2D eigenvalue weighted by molar-refractivity contribution is 6.31. The van der Waals surface area contributed by atoms with Crippen molar-refractivity contribution in [2.75, 3.05) is 7.05 Å². The third-order valence-electron chi connectivity index (χ3n) is 3.16. The molecule has 5 nitrogen and oxygen atoms in total. The first-order valence-corrected chi connectivity index (χ1v) is 6.55. The van der Waals surface area contributed by atoms with Crippen molar-refractivity contribution in [2.45, 2.75) is 26.3 Å². The number of halogens is 1. The van der Waals surface area contributed by atoms with E-state index in [1.54, 1.807) is 6.20 Å². The van der Waals surface area contributed by atoms with Crippen LogP contribution in [0, 0.1) is 13.8 Å². The molecule has 0 bridgehead atoms. The molecule has 0 aliphatic carbocycles. The standard InChI is InChI=1S/C13H18ClN5/c1-8-13(14)12(19(4)18-8)7-11(15-3)10-5-6-16-9(2)17-10/h5-6,11,15H,7H2,1-4H3. The minimum atomic E-state index is 0.0917. The molecule has 0 fully saturated rings. The van der Waals surface area contributed by atoms with Crippen LogP contribution in [0.5, 0.6) is 0 Å². The summed E-state index contributed by atoms with van der Waals surface area (Å²) in [7, 11) is 3.82. The highest BCUT2D eigenvalue weighted by Gasteiger charge is 2.18. The minimum absolute atomic E-state index is 0.0917. The van der Waals surface area contributed by atoms with Gasteiger partial charge in [-0.05, 0) is 27.0 Å². The van der Waals surface area contributed by atoms with E-state index < -0.39 is 0 Å². The molecule has 2 heterocycles. The summed E-state index contributed by atoms with van der Waals surface area (Å²) in [6, 6.07) is 2.01. The molecule has 1 atom stereocenters. The number of nitrogens with one attached hydrogen (secondary N) is 1. The van der Waals surface area contributed by atoms with E-state index >= 15 is 0 Å². The van der Waals surface area contributed by atoms with Crippen LogP contribution in [0.3, 0.4) is 0 Å². The van der Waals surface area contributed by atoms with Gasteiger partial charge < -0.3 is 5.32 Å². The van der Waals surface area contributed by atoms with Crippen LogP contribution in [0.4, 0.5) is 0 Å². The van der Waals surface area contributed by atoms with Gasteiger partial charge in [0.05, 0.1) is 28.1 Å². The fourth-order valence-corrected chi connectivity index (χ4v) is 2.36. The maximum Gasteiger partial charge on any atom is 0.125 e. The summed E-state index contributed by atoms with van der Waals surface area (Å²) in [4.78, 5) is 8.58. The number of rotatable bonds is 4. The second kappa shape index (κ2) is 5.67. The lowest BCUT2D eigenvalue weighted by Gasteiger charge is -2.16. The Balaban J connectivity index is 2.29. The first kappa shape index (κ1) is 14.0. The van der Waals surface area contributed by atoms with Crippen molar-refractivity contribution in [2.24, 2.45) is 7.05 Å². The molecule has 0 saturated heterocycles. The zero-order valence-electron chi connectivity index (χ0n) is 11.6. The Morgan fingerprint density at radius 1 is 1.42 bits per heavy atom. The Hall–Kier alpha value is -1.46. The van der Waals surface area contributed by atoms with Crippen LogP contribution in [0.2, 0.25) is 5.02 Å². The van der Waals surface area contributed by atoms with Crippen molar-refractivity contribution >= 4 is 11.6 Å². The maximum absolute atomic E-state index is 6.29. The molecule has 0 aromatic carbocycles. The second-order valence-electron chi connectivity index (χ2n) is 4.54. The lowest BCUT2D eigenvalue weighted by atomic mass is 10.1. The van der Waals surface area contributed by atoms with Gasteiger partial charge in [0, 0.05) is 19.7 Å². The Morgan fingerprint density at radius 3 is 2.68 bits per heavy atom. The number of nitrogens with zero attached hydrogens (tertiary/aromatic N) is 4. The van der Waals surface area contributed by atoms with Gasteiger partial charge in [0.1, 0.15) is 5.82 Å². The smallest absolute Gasteiger partial charge is 0.125 e. The maximum atomic E-state index is 6.29. The molecular weight excluding hydrogens is 262 g/mol. The minimum Gasteiger partial charge on any atom is -0.311 e. The molecule has 2 rings (SSSR count). The quantitative estimate of drug-likeness (QED) is 0.930. The van der Waals surface area contributed by atoms with Crippen LogP contribution in [-0.4, -0.2) is 26.8 Å². The summed E-state index contributed by atoms with van der Waals surface area (Å²) >= 11 is 6.29. The summed E-state index contributed by atoms with van der Waals surface area (Å²) in [5.74, 6) is 0.769. The van der Waals surface area contributed by atoms with Crippen molar-refractivity contribution in [1.29, 1.82) is 0 Å². The van der Waals surface area contributed by atoms with Gasteiger partial charge >= 0.3 is 0 Å². The molecule has 0 radical (unpaired) electrons. The van der Waals surface area contributed by atoms with Crippen LogP contribution in [0.25, 0.3) is 0 Å². The van der Waals surface area contributed by atoms with Gasteiger partial charge in [-0.2, -0.15) is 5.10 Å². The number of likely N-dealkylation sites (N-methyl/N-ethyl adjacent to an activating group) is 1. The average Bonchev–Trinajstić information content (AvgIpc) is 2.61. The average molecular weight is 280 g/mol. The molecule has 2 aromatic heterocycles. The summed E-state index contributed by atoms with van der Waals surface area (Å²) in [6.07, 6.45) is 2.52. The Morgan fingerprint density at radius 2 is 2.16 bits per heavy atom. The number of hydrogen-bond donors (Lipinski definition) is 1. The summed E-state index contributed by atoms with van der Waals surface area (Å²) in [5, 5.41) is 8.33. The zero-order valence-corrected chi connectivity index (χ0v) is 12.4. The van der Waals surface area contributed by atoms with Crippen LogP contribution in [0.15, 0.2) is 12.3 Å². The zero-order chi connectivity index (χ0) is 14.0. The lowest BCUT2D eigenvalue weighted by molar-refractivity contribution is 0.546. The predicted octanol–water partition coefficient (Wildman–Crippen LogP) is 1.98. The van der Waals surface area contributed by atoms with Gasteiger partial charge in [0.25, 0.3) is 0 Å². The number of hydrogen-bond acceptors (Lipinski definition) is 4. The van der Waals surface area contributed by atoms with Crippen LogP contribution in [0.1, 0.15) is 28.9 Å². The second-order valence-corrected chi connectivity index (χ2v) is 4.92. The Bertz CT molecular complexity index is 578. The summed E-state index contributed by atoms with van der Waals surface area (Å²) in [5.41, 5.74) is 2.83. The third-order valence-corrected chi connectivity index (χ3v) is 3.65. The van der Waals surface area contributed by atoms with E-state index in [1.165, 1.54) is 0 Å². The number of aromatic nitrogens is 4. The van der Waals surface area contributed by atoms with Gasteiger partial charge in [0.2, 0.25) is 0 Å². The van der Waals surface area contributed by atoms with E-state index in [4.69, 9.17) is 11.6 Å². The lowest BCUT2D eigenvalue weighted by Crippen LogP contribution is -2.21. The summed E-state index contributed by atoms with van der Waals surface area (Å²) < 4.78 is 1.83. The van der Waals surface area contributed by atoms with E-state index in [0.717, 1.165) is 34.3 Å². The molecule has 2 aromatic rings. The highest BCUT2D eigenvalue weighted by Crippen LogP contribution is 2.24. The van der Waals surface area contributed by atoms with Gasteiger partial charge in [-0.1, -0.05) is 11.6 Å². The molecule has 0 aliphatic heterocycles. The van der Waals surface area contributed by atoms with Crippen LogP contribution < -0.4 is 5.32 Å². The SMILES string of the molecule is CNC(Cc1c(Cl)c(C)nn1C)c1ccnc(C)n1. The predicted molar refractivity (Wildman–Crippen MR) is 75.2 cm³/mol. The Labute approximate surface area is 118 Å². The van der Waals surface area contributed by atoms with E-state index in [0.29, 0.717) is 0 Å². The molecule has 0 aliphatic rings. The molecular formula is C13H18ClN5. The summed E-state index contributed by atoms with van der Waals surface area (Å²) in [6.45, 7) is 3.80. The van der Waals surface area contributed by atoms with E-state index in [1.807, 2.05) is 38.7 Å². The molecule has 0 amide bonds. The Kier molecular flexibility index (Phi) is 4.17. The molecule has 6 heteroatoms. The molecule has 1 N–H and O–H groups in total. The fourth-order valence-electron chi connectivity index (χ4n) is 2.12. The molecule has 0 saturated carbocycles. The van der Waals surface area contributed by atoms with E-state index in [9.17, 15) is 0 Å². The van der Waals surface area contributed by atoms with Gasteiger partial charge in [-0.25, -0.2) is 9.97 Å². The number of aryl methyl sites for hydroxylation is 3. The van der Waals surface area contributed by atoms with Crippen LogP contribution in [-0.2, 0) is 13.5 Å². The highest BCUT2D eigenvalue weighted by atomic mass is 35.5. The van der Waals surface area contributed by atoms with Crippen molar-refractivity contribution in [3.8, 4) is 0 Å². The van der Waals surface area contributed by atoms with Gasteiger partial charge in [0.15, 0.2) is 0 Å². The normalized spacial score (nSPS) is 12.7. The molecule has 1 unspecified atom stereocenters. The molecule has 102 valence electrons. The molecule has 0 spiro atoms. The topological polar surface area (TPSA) is 55.6 Å². The largest absolute Gasteiger partial charge is 0.311 e. The first-order chi connectivity index (χ1) is 9.02. The van der Waals surface area contributed by atoms with Crippen molar-refractivity contribution < 1.29 is 0 Å². The van der Waals surface area contributed by atoms with Gasteiger partial charge in [-0.3, -0.25) is 4.68 Å².